The van der Waals surface area contributed by atoms with Crippen LogP contribution in [0.25, 0.3) is 10.9 Å². The summed E-state index contributed by atoms with van der Waals surface area (Å²) in [5.74, 6) is 0.225. The van der Waals surface area contributed by atoms with E-state index in [1.165, 1.54) is 10.4 Å². The number of phenolic OH excluding ortho intramolecular Hbond substituents is 1. The van der Waals surface area contributed by atoms with E-state index in [1.807, 2.05) is 48.8 Å². The molecular weight excluding hydrogens is 342 g/mol. The highest BCUT2D eigenvalue weighted by Crippen LogP contribution is 2.23. The third-order valence-electron chi connectivity index (χ3n) is 4.26. The SMILES string of the molecule is Oc1cccc2ccc(CN(Cc3ccncc3)Cc3cccs3)nc12. The molecule has 0 spiro atoms. The van der Waals surface area contributed by atoms with Crippen LogP contribution in [-0.4, -0.2) is 20.0 Å². The number of aromatic hydroxyl groups is 1. The molecule has 0 aliphatic carbocycles. The monoisotopic (exact) mass is 361 g/mol. The summed E-state index contributed by atoms with van der Waals surface area (Å²) < 4.78 is 0. The molecule has 0 bridgehead atoms. The van der Waals surface area contributed by atoms with Gasteiger partial charge in [0.25, 0.3) is 0 Å². The highest BCUT2D eigenvalue weighted by atomic mass is 32.1. The molecule has 1 N–H and O–H groups in total. The largest absolute Gasteiger partial charge is 0.506 e. The third kappa shape index (κ3) is 3.90. The van der Waals surface area contributed by atoms with Gasteiger partial charge in [0.15, 0.2) is 0 Å². The molecular formula is C21H19N3OS. The van der Waals surface area contributed by atoms with Gasteiger partial charge in [-0.1, -0.05) is 24.3 Å². The molecule has 4 rings (SSSR count). The molecule has 0 radical (unpaired) electrons. The predicted molar refractivity (Wildman–Crippen MR) is 105 cm³/mol. The number of nitrogens with zero attached hydrogens (tertiary/aromatic N) is 3. The Morgan fingerprint density at radius 3 is 2.58 bits per heavy atom. The zero-order valence-electron chi connectivity index (χ0n) is 14.2. The standard InChI is InChI=1S/C21H19N3OS/c25-20-5-1-3-17-6-7-18(23-21(17)20)14-24(15-19-4-2-12-26-19)13-16-8-10-22-11-9-16/h1-12,25H,13-15H2. The minimum Gasteiger partial charge on any atom is -0.506 e. The van der Waals surface area contributed by atoms with E-state index in [2.05, 4.69) is 32.4 Å². The molecule has 0 aliphatic rings. The molecule has 3 aromatic heterocycles. The van der Waals surface area contributed by atoms with E-state index < -0.39 is 0 Å². The third-order valence-corrected chi connectivity index (χ3v) is 5.12. The minimum absolute atomic E-state index is 0.225. The van der Waals surface area contributed by atoms with Crippen molar-refractivity contribution in [3.05, 3.63) is 88.5 Å². The summed E-state index contributed by atoms with van der Waals surface area (Å²) >= 11 is 1.76. The van der Waals surface area contributed by atoms with Crippen molar-refractivity contribution in [3.8, 4) is 5.75 Å². The van der Waals surface area contributed by atoms with Crippen LogP contribution in [0.5, 0.6) is 5.75 Å². The van der Waals surface area contributed by atoms with Crippen LogP contribution in [0.4, 0.5) is 0 Å². The summed E-state index contributed by atoms with van der Waals surface area (Å²) in [5, 5.41) is 13.1. The van der Waals surface area contributed by atoms with Crippen molar-refractivity contribution < 1.29 is 5.11 Å². The lowest BCUT2D eigenvalue weighted by Gasteiger charge is -2.21. The topological polar surface area (TPSA) is 49.2 Å². The Balaban J connectivity index is 1.60. The first-order valence-electron chi connectivity index (χ1n) is 8.49. The Hall–Kier alpha value is -2.76. The number of para-hydroxylation sites is 1. The van der Waals surface area contributed by atoms with Crippen LogP contribution < -0.4 is 0 Å². The van der Waals surface area contributed by atoms with Gasteiger partial charge in [-0.3, -0.25) is 9.88 Å². The van der Waals surface area contributed by atoms with Crippen molar-refractivity contribution in [2.45, 2.75) is 19.6 Å². The number of fused-ring (bicyclic) bond motifs is 1. The van der Waals surface area contributed by atoms with Crippen LogP contribution in [0, 0.1) is 0 Å². The molecule has 130 valence electrons. The Bertz CT molecular complexity index is 987. The van der Waals surface area contributed by atoms with Gasteiger partial charge >= 0.3 is 0 Å². The molecule has 0 fully saturated rings. The van der Waals surface area contributed by atoms with Gasteiger partial charge < -0.3 is 5.11 Å². The predicted octanol–water partition coefficient (Wildman–Crippen LogP) is 4.60. The molecule has 3 heterocycles. The summed E-state index contributed by atoms with van der Waals surface area (Å²) in [6.45, 7) is 2.39. The second-order valence-electron chi connectivity index (χ2n) is 6.23. The maximum Gasteiger partial charge on any atom is 0.141 e. The van der Waals surface area contributed by atoms with Crippen LogP contribution in [0.2, 0.25) is 0 Å². The Labute approximate surface area is 156 Å². The van der Waals surface area contributed by atoms with Crippen molar-refractivity contribution in [3.63, 3.8) is 0 Å². The van der Waals surface area contributed by atoms with Crippen LogP contribution in [-0.2, 0) is 19.6 Å². The highest BCUT2D eigenvalue weighted by Gasteiger charge is 2.11. The van der Waals surface area contributed by atoms with Crippen LogP contribution in [0.15, 0.2) is 72.4 Å². The van der Waals surface area contributed by atoms with E-state index >= 15 is 0 Å². The van der Waals surface area contributed by atoms with E-state index in [0.29, 0.717) is 12.1 Å². The average molecular weight is 361 g/mol. The van der Waals surface area contributed by atoms with Gasteiger partial charge in [-0.2, -0.15) is 0 Å². The molecule has 5 heteroatoms. The summed E-state index contributed by atoms with van der Waals surface area (Å²) in [4.78, 5) is 12.5. The van der Waals surface area contributed by atoms with Gasteiger partial charge in [0.05, 0.1) is 5.69 Å². The summed E-state index contributed by atoms with van der Waals surface area (Å²) in [6, 6.07) is 17.9. The molecule has 0 saturated carbocycles. The Morgan fingerprint density at radius 2 is 1.77 bits per heavy atom. The van der Waals surface area contributed by atoms with E-state index in [0.717, 1.165) is 24.2 Å². The number of hydrogen-bond donors (Lipinski definition) is 1. The number of thiophene rings is 1. The van der Waals surface area contributed by atoms with E-state index in [4.69, 9.17) is 0 Å². The molecule has 0 unspecified atom stereocenters. The first-order valence-corrected chi connectivity index (χ1v) is 9.37. The summed E-state index contributed by atoms with van der Waals surface area (Å²) in [5.41, 5.74) is 2.83. The van der Waals surface area contributed by atoms with Gasteiger partial charge in [0.2, 0.25) is 0 Å². The fraction of sp³-hybridized carbons (Fsp3) is 0.143. The highest BCUT2D eigenvalue weighted by molar-refractivity contribution is 7.09. The molecule has 0 atom stereocenters. The number of rotatable bonds is 6. The summed E-state index contributed by atoms with van der Waals surface area (Å²) in [6.07, 6.45) is 3.65. The second-order valence-corrected chi connectivity index (χ2v) is 7.26. The van der Waals surface area contributed by atoms with Gasteiger partial charge in [-0.05, 0) is 41.3 Å². The lowest BCUT2D eigenvalue weighted by Crippen LogP contribution is -2.22. The summed E-state index contributed by atoms with van der Waals surface area (Å²) in [7, 11) is 0. The number of pyridine rings is 2. The van der Waals surface area contributed by atoms with E-state index in [9.17, 15) is 5.11 Å². The van der Waals surface area contributed by atoms with Crippen molar-refractivity contribution >= 4 is 22.2 Å². The van der Waals surface area contributed by atoms with Crippen LogP contribution in [0.1, 0.15) is 16.1 Å². The Morgan fingerprint density at radius 1 is 0.885 bits per heavy atom. The lowest BCUT2D eigenvalue weighted by molar-refractivity contribution is 0.247. The van der Waals surface area contributed by atoms with Crippen molar-refractivity contribution in [1.29, 1.82) is 0 Å². The molecule has 1 aromatic carbocycles. The maximum absolute atomic E-state index is 10.1. The van der Waals surface area contributed by atoms with Gasteiger partial charge in [0, 0.05) is 42.3 Å². The van der Waals surface area contributed by atoms with E-state index in [1.54, 1.807) is 17.4 Å². The molecule has 4 aromatic rings. The van der Waals surface area contributed by atoms with Crippen molar-refractivity contribution in [2.75, 3.05) is 0 Å². The van der Waals surface area contributed by atoms with Crippen molar-refractivity contribution in [1.82, 2.24) is 14.9 Å². The first-order chi connectivity index (χ1) is 12.8. The number of hydrogen-bond acceptors (Lipinski definition) is 5. The minimum atomic E-state index is 0.225. The van der Waals surface area contributed by atoms with Crippen LogP contribution in [0.3, 0.4) is 0 Å². The Kier molecular flexibility index (Phi) is 4.91. The zero-order valence-corrected chi connectivity index (χ0v) is 15.1. The molecule has 26 heavy (non-hydrogen) atoms. The fourth-order valence-corrected chi connectivity index (χ4v) is 3.77. The average Bonchev–Trinajstić information content (AvgIpc) is 3.16. The maximum atomic E-state index is 10.1. The normalized spacial score (nSPS) is 11.3. The molecule has 4 nitrogen and oxygen atoms in total. The first kappa shape index (κ1) is 16.7. The molecule has 0 saturated heterocycles. The quantitative estimate of drug-likeness (QED) is 0.545. The van der Waals surface area contributed by atoms with Gasteiger partial charge in [-0.25, -0.2) is 4.98 Å². The fourth-order valence-electron chi connectivity index (χ4n) is 3.03. The molecule has 0 amide bonds. The van der Waals surface area contributed by atoms with Gasteiger partial charge in [-0.15, -0.1) is 11.3 Å². The zero-order chi connectivity index (χ0) is 17.8. The van der Waals surface area contributed by atoms with Crippen LogP contribution >= 0.6 is 11.3 Å². The number of phenols is 1. The lowest BCUT2D eigenvalue weighted by atomic mass is 10.1. The number of benzene rings is 1. The smallest absolute Gasteiger partial charge is 0.141 e. The van der Waals surface area contributed by atoms with E-state index in [-0.39, 0.29) is 5.75 Å². The van der Waals surface area contributed by atoms with Gasteiger partial charge in [0.1, 0.15) is 11.3 Å². The molecule has 0 aliphatic heterocycles. The number of aromatic nitrogens is 2. The second kappa shape index (κ2) is 7.64. The van der Waals surface area contributed by atoms with Crippen molar-refractivity contribution in [2.24, 2.45) is 0 Å².